The maximum atomic E-state index is 12.5. The number of benzene rings is 1. The first-order chi connectivity index (χ1) is 10.9. The van der Waals surface area contributed by atoms with Gasteiger partial charge < -0.3 is 10.1 Å². The molecule has 7 nitrogen and oxygen atoms in total. The third-order valence-electron chi connectivity index (χ3n) is 3.69. The van der Waals surface area contributed by atoms with Crippen molar-refractivity contribution in [1.29, 1.82) is 0 Å². The first-order valence-electron chi connectivity index (χ1n) is 7.40. The molecule has 1 amide bonds. The number of ether oxygens (including phenoxy) is 1. The van der Waals surface area contributed by atoms with Crippen LogP contribution in [0.3, 0.4) is 0 Å². The summed E-state index contributed by atoms with van der Waals surface area (Å²) < 4.78 is 30.9. The third kappa shape index (κ3) is 4.29. The van der Waals surface area contributed by atoms with E-state index in [1.807, 2.05) is 0 Å². The first-order valence-corrected chi connectivity index (χ1v) is 8.84. The van der Waals surface area contributed by atoms with Gasteiger partial charge in [0.25, 0.3) is 5.91 Å². The molecule has 126 valence electrons. The van der Waals surface area contributed by atoms with Gasteiger partial charge in [0.2, 0.25) is 10.0 Å². The summed E-state index contributed by atoms with van der Waals surface area (Å²) in [6.45, 7) is 0.830. The summed E-state index contributed by atoms with van der Waals surface area (Å²) >= 11 is 0. The van der Waals surface area contributed by atoms with Crippen molar-refractivity contribution in [3.05, 3.63) is 29.8 Å². The predicted molar refractivity (Wildman–Crippen MR) is 83.4 cm³/mol. The fourth-order valence-corrected chi connectivity index (χ4v) is 3.88. The zero-order valence-electron chi connectivity index (χ0n) is 12.9. The van der Waals surface area contributed by atoms with Gasteiger partial charge in [-0.1, -0.05) is 6.42 Å². The summed E-state index contributed by atoms with van der Waals surface area (Å²) in [5, 5.41) is 2.40. The van der Waals surface area contributed by atoms with Gasteiger partial charge in [0.15, 0.2) is 0 Å². The Balaban J connectivity index is 2.06. The van der Waals surface area contributed by atoms with E-state index in [0.29, 0.717) is 13.1 Å². The van der Waals surface area contributed by atoms with Crippen molar-refractivity contribution in [3.63, 3.8) is 0 Å². The minimum Gasteiger partial charge on any atom is -0.468 e. The minimum absolute atomic E-state index is 0.170. The van der Waals surface area contributed by atoms with Crippen LogP contribution in [0.25, 0.3) is 0 Å². The molecular weight excluding hydrogens is 320 g/mol. The van der Waals surface area contributed by atoms with E-state index >= 15 is 0 Å². The average Bonchev–Trinajstić information content (AvgIpc) is 2.60. The summed E-state index contributed by atoms with van der Waals surface area (Å²) in [7, 11) is -2.28. The smallest absolute Gasteiger partial charge is 0.325 e. The van der Waals surface area contributed by atoms with E-state index < -0.39 is 21.9 Å². The lowest BCUT2D eigenvalue weighted by Crippen LogP contribution is -2.35. The number of sulfonamides is 1. The monoisotopic (exact) mass is 340 g/mol. The van der Waals surface area contributed by atoms with Gasteiger partial charge in [-0.25, -0.2) is 8.42 Å². The van der Waals surface area contributed by atoms with Crippen molar-refractivity contribution in [2.45, 2.75) is 24.2 Å². The zero-order chi connectivity index (χ0) is 16.9. The molecule has 1 heterocycles. The summed E-state index contributed by atoms with van der Waals surface area (Å²) in [5.41, 5.74) is 0.284. The fourth-order valence-electron chi connectivity index (χ4n) is 2.36. The molecule has 1 fully saturated rings. The average molecular weight is 340 g/mol. The van der Waals surface area contributed by atoms with E-state index in [1.54, 1.807) is 0 Å². The van der Waals surface area contributed by atoms with Gasteiger partial charge in [-0.2, -0.15) is 4.31 Å². The van der Waals surface area contributed by atoms with Crippen molar-refractivity contribution in [2.75, 3.05) is 26.7 Å². The van der Waals surface area contributed by atoms with Crippen LogP contribution in [0.4, 0.5) is 0 Å². The standard InChI is InChI=1S/C15H20N2O5S/c1-22-14(18)11-16-15(19)12-5-7-13(8-6-12)23(20,21)17-9-3-2-4-10-17/h5-8H,2-4,9-11H2,1H3,(H,16,19). The Hall–Kier alpha value is -1.93. The largest absolute Gasteiger partial charge is 0.468 e. The summed E-state index contributed by atoms with van der Waals surface area (Å²) in [6.07, 6.45) is 2.78. The number of methoxy groups -OCH3 is 1. The number of carbonyl (C=O) groups is 2. The fraction of sp³-hybridized carbons (Fsp3) is 0.467. The highest BCUT2D eigenvalue weighted by Gasteiger charge is 2.25. The summed E-state index contributed by atoms with van der Waals surface area (Å²) in [4.78, 5) is 23.0. The molecule has 1 aliphatic rings. The first kappa shape index (κ1) is 17.4. The Morgan fingerprint density at radius 3 is 2.30 bits per heavy atom. The number of hydrogen-bond donors (Lipinski definition) is 1. The lowest BCUT2D eigenvalue weighted by atomic mass is 10.2. The zero-order valence-corrected chi connectivity index (χ0v) is 13.8. The molecule has 1 aliphatic heterocycles. The van der Waals surface area contributed by atoms with E-state index in [-0.39, 0.29) is 17.0 Å². The molecule has 0 radical (unpaired) electrons. The maximum Gasteiger partial charge on any atom is 0.325 e. The minimum atomic E-state index is -3.51. The maximum absolute atomic E-state index is 12.5. The normalized spacial score (nSPS) is 15.9. The molecule has 0 atom stereocenters. The van der Waals surface area contributed by atoms with Crippen LogP contribution in [-0.2, 0) is 19.6 Å². The molecule has 0 spiro atoms. The third-order valence-corrected chi connectivity index (χ3v) is 5.60. The number of piperidine rings is 1. The molecule has 2 rings (SSSR count). The number of esters is 1. The second-order valence-electron chi connectivity index (χ2n) is 5.25. The topological polar surface area (TPSA) is 92.8 Å². The van der Waals surface area contributed by atoms with Crippen LogP contribution in [0.2, 0.25) is 0 Å². The van der Waals surface area contributed by atoms with Gasteiger partial charge in [-0.05, 0) is 37.1 Å². The number of rotatable bonds is 5. The van der Waals surface area contributed by atoms with E-state index in [0.717, 1.165) is 19.3 Å². The molecule has 1 N–H and O–H groups in total. The van der Waals surface area contributed by atoms with Crippen molar-refractivity contribution >= 4 is 21.9 Å². The van der Waals surface area contributed by atoms with Gasteiger partial charge in [0.05, 0.1) is 12.0 Å². The van der Waals surface area contributed by atoms with E-state index in [1.165, 1.54) is 35.7 Å². The molecule has 0 unspecified atom stereocenters. The Morgan fingerprint density at radius 1 is 1.13 bits per heavy atom. The molecule has 1 aromatic carbocycles. The summed E-state index contributed by atoms with van der Waals surface area (Å²) in [6, 6.07) is 5.70. The number of hydrogen-bond acceptors (Lipinski definition) is 5. The van der Waals surface area contributed by atoms with Crippen molar-refractivity contribution in [2.24, 2.45) is 0 Å². The van der Waals surface area contributed by atoms with Crippen LogP contribution in [0.1, 0.15) is 29.6 Å². The number of carbonyl (C=O) groups excluding carboxylic acids is 2. The van der Waals surface area contributed by atoms with E-state index in [9.17, 15) is 18.0 Å². The number of nitrogens with one attached hydrogen (secondary N) is 1. The van der Waals surface area contributed by atoms with Gasteiger partial charge in [-0.15, -0.1) is 0 Å². The molecule has 0 bridgehead atoms. The molecule has 1 saturated heterocycles. The lowest BCUT2D eigenvalue weighted by molar-refractivity contribution is -0.139. The van der Waals surface area contributed by atoms with Crippen LogP contribution >= 0.6 is 0 Å². The van der Waals surface area contributed by atoms with Crippen LogP contribution in [0, 0.1) is 0 Å². The highest BCUT2D eigenvalue weighted by atomic mass is 32.2. The van der Waals surface area contributed by atoms with Gasteiger partial charge in [0.1, 0.15) is 6.54 Å². The lowest BCUT2D eigenvalue weighted by Gasteiger charge is -2.25. The van der Waals surface area contributed by atoms with Crippen LogP contribution in [0.5, 0.6) is 0 Å². The molecule has 0 aromatic heterocycles. The Kier molecular flexibility index (Phi) is 5.73. The van der Waals surface area contributed by atoms with Crippen molar-refractivity contribution in [3.8, 4) is 0 Å². The summed E-state index contributed by atoms with van der Waals surface area (Å²) in [5.74, 6) is -1.01. The Morgan fingerprint density at radius 2 is 1.74 bits per heavy atom. The predicted octanol–water partition coefficient (Wildman–Crippen LogP) is 0.764. The van der Waals surface area contributed by atoms with Gasteiger partial charge >= 0.3 is 5.97 Å². The Bertz CT molecular complexity index is 664. The highest BCUT2D eigenvalue weighted by Crippen LogP contribution is 2.20. The highest BCUT2D eigenvalue weighted by molar-refractivity contribution is 7.89. The molecule has 0 saturated carbocycles. The number of amides is 1. The molecule has 1 aromatic rings. The van der Waals surface area contributed by atoms with E-state index in [4.69, 9.17) is 0 Å². The van der Waals surface area contributed by atoms with Gasteiger partial charge in [0, 0.05) is 18.7 Å². The van der Waals surface area contributed by atoms with Crippen LogP contribution < -0.4 is 5.32 Å². The van der Waals surface area contributed by atoms with Crippen molar-refractivity contribution in [1.82, 2.24) is 9.62 Å². The van der Waals surface area contributed by atoms with Crippen LogP contribution in [-0.4, -0.2) is 51.3 Å². The quantitative estimate of drug-likeness (QED) is 0.799. The second-order valence-corrected chi connectivity index (χ2v) is 7.19. The second kappa shape index (κ2) is 7.56. The van der Waals surface area contributed by atoms with Gasteiger partial charge in [-0.3, -0.25) is 9.59 Å². The van der Waals surface area contributed by atoms with Crippen LogP contribution in [0.15, 0.2) is 29.2 Å². The molecule has 23 heavy (non-hydrogen) atoms. The molecular formula is C15H20N2O5S. The van der Waals surface area contributed by atoms with Crippen molar-refractivity contribution < 1.29 is 22.7 Å². The van der Waals surface area contributed by atoms with E-state index in [2.05, 4.69) is 10.1 Å². The SMILES string of the molecule is COC(=O)CNC(=O)c1ccc(S(=O)(=O)N2CCCCC2)cc1. The Labute approximate surface area is 135 Å². The number of nitrogens with zero attached hydrogens (tertiary/aromatic N) is 1. The molecule has 0 aliphatic carbocycles. The molecule has 8 heteroatoms.